The predicted molar refractivity (Wildman–Crippen MR) is 137 cm³/mol. The van der Waals surface area contributed by atoms with Crippen molar-refractivity contribution in [2.24, 2.45) is 4.99 Å². The summed E-state index contributed by atoms with van der Waals surface area (Å²) in [5.41, 5.74) is 3.04. The molecule has 0 aromatic heterocycles. The van der Waals surface area contributed by atoms with Crippen molar-refractivity contribution in [1.29, 1.82) is 0 Å². The summed E-state index contributed by atoms with van der Waals surface area (Å²) in [4.78, 5) is 19.3. The van der Waals surface area contributed by atoms with E-state index < -0.39 is 0 Å². The van der Waals surface area contributed by atoms with E-state index in [0.29, 0.717) is 24.6 Å². The number of halogens is 1. The third-order valence-corrected chi connectivity index (χ3v) is 5.35. The van der Waals surface area contributed by atoms with Gasteiger partial charge in [-0.15, -0.1) is 24.0 Å². The van der Waals surface area contributed by atoms with Gasteiger partial charge in [0.2, 0.25) is 0 Å². The molecule has 1 aliphatic rings. The van der Waals surface area contributed by atoms with E-state index in [9.17, 15) is 4.79 Å². The lowest BCUT2D eigenvalue weighted by molar-refractivity contribution is 0.0955. The summed E-state index contributed by atoms with van der Waals surface area (Å²) in [6.45, 7) is 7.90. The maximum Gasteiger partial charge on any atom is 0.251 e. The normalized spacial score (nSPS) is 15.9. The van der Waals surface area contributed by atoms with Gasteiger partial charge in [-0.2, -0.15) is 0 Å². The fourth-order valence-corrected chi connectivity index (χ4v) is 3.77. The van der Waals surface area contributed by atoms with Crippen molar-refractivity contribution in [3.63, 3.8) is 0 Å². The van der Waals surface area contributed by atoms with E-state index >= 15 is 0 Å². The molecule has 1 unspecified atom stereocenters. The molecule has 6 nitrogen and oxygen atoms in total. The first-order chi connectivity index (χ1) is 14.6. The summed E-state index contributed by atoms with van der Waals surface area (Å²) >= 11 is 0. The molecule has 1 saturated heterocycles. The summed E-state index contributed by atoms with van der Waals surface area (Å²) < 4.78 is 5.27. The predicted octanol–water partition coefficient (Wildman–Crippen LogP) is 4.02. The molecule has 0 aliphatic carbocycles. The highest BCUT2D eigenvalue weighted by Crippen LogP contribution is 2.28. The molecule has 31 heavy (non-hydrogen) atoms. The van der Waals surface area contributed by atoms with E-state index in [-0.39, 0.29) is 29.9 Å². The number of nitrogens with one attached hydrogen (secondary N) is 2. The molecule has 2 N–H and O–H groups in total. The van der Waals surface area contributed by atoms with Gasteiger partial charge in [0.05, 0.1) is 13.7 Å². The molecule has 1 amide bonds. The van der Waals surface area contributed by atoms with Crippen LogP contribution in [0.1, 0.15) is 47.7 Å². The van der Waals surface area contributed by atoms with Crippen molar-refractivity contribution in [1.82, 2.24) is 15.5 Å². The largest absolute Gasteiger partial charge is 0.497 e. The number of rotatable bonds is 7. The van der Waals surface area contributed by atoms with Crippen molar-refractivity contribution < 1.29 is 9.53 Å². The van der Waals surface area contributed by atoms with Crippen LogP contribution >= 0.6 is 24.0 Å². The number of benzene rings is 2. The Morgan fingerprint density at radius 1 is 1.13 bits per heavy atom. The number of methoxy groups -OCH3 is 1. The highest BCUT2D eigenvalue weighted by Gasteiger charge is 2.26. The van der Waals surface area contributed by atoms with Crippen LogP contribution in [0.15, 0.2) is 53.5 Å². The number of guanidine groups is 1. The number of nitrogens with zero attached hydrogens (tertiary/aromatic N) is 2. The van der Waals surface area contributed by atoms with Crippen molar-refractivity contribution in [3.05, 3.63) is 65.2 Å². The van der Waals surface area contributed by atoms with E-state index in [1.807, 2.05) is 43.3 Å². The van der Waals surface area contributed by atoms with Gasteiger partial charge in [-0.1, -0.05) is 24.3 Å². The molecule has 1 aliphatic heterocycles. The summed E-state index contributed by atoms with van der Waals surface area (Å²) in [5, 5.41) is 6.26. The number of hydrogen-bond donors (Lipinski definition) is 2. The fourth-order valence-electron chi connectivity index (χ4n) is 3.77. The zero-order chi connectivity index (χ0) is 21.3. The van der Waals surface area contributed by atoms with Crippen LogP contribution in [-0.4, -0.2) is 50.1 Å². The number of likely N-dealkylation sites (tertiary alicyclic amines) is 1. The molecule has 0 radical (unpaired) electrons. The van der Waals surface area contributed by atoms with Gasteiger partial charge in [0, 0.05) is 37.7 Å². The maximum absolute atomic E-state index is 12.1. The van der Waals surface area contributed by atoms with E-state index in [1.165, 1.54) is 5.56 Å². The highest BCUT2D eigenvalue weighted by molar-refractivity contribution is 14.0. The molecule has 168 valence electrons. The molecule has 1 atom stereocenters. The first-order valence-electron chi connectivity index (χ1n) is 10.7. The van der Waals surface area contributed by atoms with Crippen LogP contribution in [0.4, 0.5) is 0 Å². The second kappa shape index (κ2) is 12.5. The van der Waals surface area contributed by atoms with Crippen molar-refractivity contribution in [2.75, 3.05) is 33.3 Å². The van der Waals surface area contributed by atoms with Gasteiger partial charge >= 0.3 is 0 Å². The molecule has 2 aromatic rings. The summed E-state index contributed by atoms with van der Waals surface area (Å²) in [6.07, 6.45) is 1.10. The Kier molecular flexibility index (Phi) is 10.1. The lowest BCUT2D eigenvalue weighted by Crippen LogP contribution is -2.40. The minimum atomic E-state index is -0.0443. The summed E-state index contributed by atoms with van der Waals surface area (Å²) in [5.74, 6) is 2.26. The Balaban J connectivity index is 0.00000341. The molecule has 0 saturated carbocycles. The molecule has 2 aromatic carbocycles. The van der Waals surface area contributed by atoms with E-state index in [2.05, 4.69) is 34.6 Å². The molecular weight excluding hydrogens is 503 g/mol. The molecule has 3 rings (SSSR count). The van der Waals surface area contributed by atoms with Crippen LogP contribution < -0.4 is 15.4 Å². The van der Waals surface area contributed by atoms with E-state index in [0.717, 1.165) is 43.3 Å². The fraction of sp³-hybridized carbons (Fsp3) is 0.417. The molecular formula is C24H33IN4O2. The van der Waals surface area contributed by atoms with Gasteiger partial charge < -0.3 is 20.3 Å². The number of hydrogen-bond acceptors (Lipinski definition) is 3. The SMILES string of the molecule is CCNC(=O)c1cccc(CN=C(NCC)N2CCC(c3ccc(OC)cc3)C2)c1.I. The molecule has 1 heterocycles. The molecule has 0 bridgehead atoms. The van der Waals surface area contributed by atoms with Crippen molar-refractivity contribution in [3.8, 4) is 5.75 Å². The van der Waals surface area contributed by atoms with Gasteiger partial charge in [-0.3, -0.25) is 4.79 Å². The zero-order valence-corrected chi connectivity index (χ0v) is 20.9. The van der Waals surface area contributed by atoms with Crippen LogP contribution in [0.3, 0.4) is 0 Å². The lowest BCUT2D eigenvalue weighted by atomic mass is 9.98. The maximum atomic E-state index is 12.1. The Labute approximate surface area is 202 Å². The topological polar surface area (TPSA) is 66.0 Å². The lowest BCUT2D eigenvalue weighted by Gasteiger charge is -2.22. The number of ether oxygens (including phenoxy) is 1. The van der Waals surface area contributed by atoms with Gasteiger partial charge in [0.15, 0.2) is 5.96 Å². The van der Waals surface area contributed by atoms with Crippen LogP contribution in [-0.2, 0) is 6.54 Å². The van der Waals surface area contributed by atoms with Gasteiger partial charge in [-0.25, -0.2) is 4.99 Å². The molecule has 1 fully saturated rings. The van der Waals surface area contributed by atoms with Crippen LogP contribution in [0.5, 0.6) is 5.75 Å². The molecule has 7 heteroatoms. The number of carbonyl (C=O) groups excluding carboxylic acids is 1. The third-order valence-electron chi connectivity index (χ3n) is 5.35. The quantitative estimate of drug-likeness (QED) is 0.319. The van der Waals surface area contributed by atoms with E-state index in [1.54, 1.807) is 7.11 Å². The average Bonchev–Trinajstić information content (AvgIpc) is 3.27. The average molecular weight is 536 g/mol. The Hall–Kier alpha value is -2.29. The highest BCUT2D eigenvalue weighted by atomic mass is 127. The van der Waals surface area contributed by atoms with Gasteiger partial charge in [-0.05, 0) is 55.7 Å². The Morgan fingerprint density at radius 2 is 1.87 bits per heavy atom. The smallest absolute Gasteiger partial charge is 0.251 e. The van der Waals surface area contributed by atoms with Crippen LogP contribution in [0.2, 0.25) is 0 Å². The standard InChI is InChI=1S/C24H32N4O2.HI/c1-4-25-23(29)20-8-6-7-18(15-20)16-27-24(26-5-2)28-14-13-21(17-28)19-9-11-22(30-3)12-10-19;/h6-12,15,21H,4-5,13-14,16-17H2,1-3H3,(H,25,29)(H,26,27);1H. The van der Waals surface area contributed by atoms with Crippen LogP contribution in [0.25, 0.3) is 0 Å². The molecule has 0 spiro atoms. The number of carbonyl (C=O) groups is 1. The third kappa shape index (κ3) is 6.85. The van der Waals surface area contributed by atoms with Crippen LogP contribution in [0, 0.1) is 0 Å². The van der Waals surface area contributed by atoms with E-state index in [4.69, 9.17) is 9.73 Å². The summed E-state index contributed by atoms with van der Waals surface area (Å²) in [6, 6.07) is 16.1. The van der Waals surface area contributed by atoms with Crippen molar-refractivity contribution >= 4 is 35.8 Å². The first-order valence-corrected chi connectivity index (χ1v) is 10.7. The van der Waals surface area contributed by atoms with Crippen molar-refractivity contribution in [2.45, 2.75) is 32.7 Å². The Morgan fingerprint density at radius 3 is 2.55 bits per heavy atom. The monoisotopic (exact) mass is 536 g/mol. The second-order valence-electron chi connectivity index (χ2n) is 7.43. The number of aliphatic imine (C=N–C) groups is 1. The van der Waals surface area contributed by atoms with Gasteiger partial charge in [0.25, 0.3) is 5.91 Å². The minimum Gasteiger partial charge on any atom is -0.497 e. The minimum absolute atomic E-state index is 0. The Bertz CT molecular complexity index is 870. The van der Waals surface area contributed by atoms with Gasteiger partial charge in [0.1, 0.15) is 5.75 Å². The second-order valence-corrected chi connectivity index (χ2v) is 7.43. The number of amides is 1. The first kappa shape index (κ1) is 25.0. The zero-order valence-electron chi connectivity index (χ0n) is 18.6. The summed E-state index contributed by atoms with van der Waals surface area (Å²) in [7, 11) is 1.69.